The molecule has 0 spiro atoms. The second-order valence-corrected chi connectivity index (χ2v) is 5.17. The summed E-state index contributed by atoms with van der Waals surface area (Å²) in [5.74, 6) is -2.09. The molecule has 2 aliphatic heterocycles. The normalized spacial score (nSPS) is 34.5. The Morgan fingerprint density at radius 2 is 1.58 bits per heavy atom. The SMILES string of the molecule is O=C1CC[C@@H](N2C(=O)[C@H]3CC=CC[C@@H]3C2=O)C(=O)N1. The zero-order valence-corrected chi connectivity index (χ0v) is 10.3. The second-order valence-electron chi connectivity index (χ2n) is 5.17. The fraction of sp³-hybridized carbons (Fsp3) is 0.538. The summed E-state index contributed by atoms with van der Waals surface area (Å²) >= 11 is 0. The first kappa shape index (κ1) is 12.1. The number of nitrogens with zero attached hydrogens (tertiary/aromatic N) is 1. The number of allylic oxidation sites excluding steroid dienone is 2. The molecule has 3 rings (SSSR count). The van der Waals surface area contributed by atoms with Crippen LogP contribution in [-0.4, -0.2) is 34.6 Å². The number of carbonyl (C=O) groups is 4. The van der Waals surface area contributed by atoms with Crippen molar-refractivity contribution in [2.45, 2.75) is 31.7 Å². The fourth-order valence-corrected chi connectivity index (χ4v) is 3.06. The van der Waals surface area contributed by atoms with E-state index in [0.717, 1.165) is 4.90 Å². The lowest BCUT2D eigenvalue weighted by Crippen LogP contribution is -2.54. The lowest BCUT2D eigenvalue weighted by Gasteiger charge is -2.28. The molecule has 4 amide bonds. The molecule has 0 aromatic heterocycles. The molecule has 6 heteroatoms. The lowest BCUT2D eigenvalue weighted by molar-refractivity contribution is -0.151. The highest BCUT2D eigenvalue weighted by atomic mass is 16.2. The van der Waals surface area contributed by atoms with Crippen molar-refractivity contribution in [3.8, 4) is 0 Å². The molecular weight excluding hydrogens is 248 g/mol. The van der Waals surface area contributed by atoms with Gasteiger partial charge < -0.3 is 0 Å². The first-order valence-electron chi connectivity index (χ1n) is 6.45. The van der Waals surface area contributed by atoms with Crippen LogP contribution in [0.25, 0.3) is 0 Å². The van der Waals surface area contributed by atoms with E-state index in [1.54, 1.807) is 0 Å². The fourth-order valence-electron chi connectivity index (χ4n) is 3.06. The van der Waals surface area contributed by atoms with Crippen LogP contribution in [-0.2, 0) is 19.2 Å². The predicted octanol–water partition coefficient (Wildman–Crippen LogP) is -0.257. The van der Waals surface area contributed by atoms with E-state index in [4.69, 9.17) is 0 Å². The molecule has 1 aliphatic carbocycles. The Morgan fingerprint density at radius 3 is 2.11 bits per heavy atom. The Labute approximate surface area is 109 Å². The van der Waals surface area contributed by atoms with Gasteiger partial charge in [0.15, 0.2) is 0 Å². The molecule has 0 aromatic rings. The monoisotopic (exact) mass is 262 g/mol. The van der Waals surface area contributed by atoms with Crippen LogP contribution in [0.2, 0.25) is 0 Å². The maximum Gasteiger partial charge on any atom is 0.249 e. The van der Waals surface area contributed by atoms with Gasteiger partial charge in [-0.1, -0.05) is 12.2 Å². The van der Waals surface area contributed by atoms with Crippen molar-refractivity contribution in [1.29, 1.82) is 0 Å². The molecule has 2 saturated heterocycles. The summed E-state index contributed by atoms with van der Waals surface area (Å²) in [6.45, 7) is 0. The van der Waals surface area contributed by atoms with Crippen LogP contribution in [0.1, 0.15) is 25.7 Å². The number of imide groups is 2. The maximum absolute atomic E-state index is 12.3. The standard InChI is InChI=1S/C13H14N2O4/c16-10-6-5-9(11(17)14-10)15-12(18)7-3-1-2-4-8(7)13(15)19/h1-2,7-9H,3-6H2,(H,14,16,17)/t7-,8-,9+/m0/s1. The van der Waals surface area contributed by atoms with Gasteiger partial charge in [-0.2, -0.15) is 0 Å². The van der Waals surface area contributed by atoms with E-state index >= 15 is 0 Å². The summed E-state index contributed by atoms with van der Waals surface area (Å²) in [6, 6.07) is -0.816. The van der Waals surface area contributed by atoms with Crippen molar-refractivity contribution < 1.29 is 19.2 Å². The van der Waals surface area contributed by atoms with Crippen molar-refractivity contribution >= 4 is 23.6 Å². The molecule has 6 nitrogen and oxygen atoms in total. The molecule has 0 saturated carbocycles. The van der Waals surface area contributed by atoms with Crippen LogP contribution in [0.3, 0.4) is 0 Å². The summed E-state index contributed by atoms with van der Waals surface area (Å²) in [5.41, 5.74) is 0. The number of amides is 4. The van der Waals surface area contributed by atoms with Gasteiger partial charge in [-0.15, -0.1) is 0 Å². The Bertz CT molecular complexity index is 485. The summed E-state index contributed by atoms with van der Waals surface area (Å²) in [6.07, 6.45) is 5.31. The lowest BCUT2D eigenvalue weighted by atomic mass is 9.85. The number of rotatable bonds is 1. The van der Waals surface area contributed by atoms with Gasteiger partial charge in [0, 0.05) is 6.42 Å². The van der Waals surface area contributed by atoms with E-state index < -0.39 is 11.9 Å². The van der Waals surface area contributed by atoms with Crippen LogP contribution in [0.4, 0.5) is 0 Å². The van der Waals surface area contributed by atoms with Gasteiger partial charge in [-0.05, 0) is 19.3 Å². The van der Waals surface area contributed by atoms with Crippen LogP contribution in [0.15, 0.2) is 12.2 Å². The molecule has 3 aliphatic rings. The van der Waals surface area contributed by atoms with E-state index in [1.807, 2.05) is 12.2 Å². The van der Waals surface area contributed by atoms with E-state index in [1.165, 1.54) is 0 Å². The van der Waals surface area contributed by atoms with Crippen molar-refractivity contribution in [3.63, 3.8) is 0 Å². The summed E-state index contributed by atoms with van der Waals surface area (Å²) in [5, 5.41) is 2.19. The molecule has 100 valence electrons. The zero-order chi connectivity index (χ0) is 13.6. The molecule has 0 aromatic carbocycles. The number of carbonyl (C=O) groups excluding carboxylic acids is 4. The van der Waals surface area contributed by atoms with Crippen LogP contribution in [0.5, 0.6) is 0 Å². The summed E-state index contributed by atoms with van der Waals surface area (Å²) < 4.78 is 0. The molecule has 19 heavy (non-hydrogen) atoms. The van der Waals surface area contributed by atoms with Gasteiger partial charge in [0.1, 0.15) is 6.04 Å². The number of hydrogen-bond donors (Lipinski definition) is 1. The van der Waals surface area contributed by atoms with E-state index in [2.05, 4.69) is 5.32 Å². The first-order chi connectivity index (χ1) is 9.09. The number of nitrogens with one attached hydrogen (secondary N) is 1. The van der Waals surface area contributed by atoms with Crippen LogP contribution in [0, 0.1) is 11.8 Å². The highest BCUT2D eigenvalue weighted by Crippen LogP contribution is 2.37. The molecule has 0 radical (unpaired) electrons. The van der Waals surface area contributed by atoms with Gasteiger partial charge in [0.05, 0.1) is 11.8 Å². The molecule has 0 unspecified atom stereocenters. The van der Waals surface area contributed by atoms with Crippen molar-refractivity contribution in [3.05, 3.63) is 12.2 Å². The van der Waals surface area contributed by atoms with Gasteiger partial charge in [-0.3, -0.25) is 29.4 Å². The maximum atomic E-state index is 12.3. The van der Waals surface area contributed by atoms with Gasteiger partial charge >= 0.3 is 0 Å². The third-order valence-electron chi connectivity index (χ3n) is 4.06. The van der Waals surface area contributed by atoms with Gasteiger partial charge in [-0.25, -0.2) is 0 Å². The summed E-state index contributed by atoms with van der Waals surface area (Å²) in [4.78, 5) is 48.6. The highest BCUT2D eigenvalue weighted by molar-refractivity contribution is 6.10. The topological polar surface area (TPSA) is 83.6 Å². The summed E-state index contributed by atoms with van der Waals surface area (Å²) in [7, 11) is 0. The van der Waals surface area contributed by atoms with Crippen molar-refractivity contribution in [2.75, 3.05) is 0 Å². The minimum Gasteiger partial charge on any atom is -0.295 e. The average Bonchev–Trinajstić information content (AvgIpc) is 2.64. The zero-order valence-electron chi connectivity index (χ0n) is 10.3. The average molecular weight is 262 g/mol. The molecule has 3 atom stereocenters. The number of hydrogen-bond acceptors (Lipinski definition) is 4. The number of fused-ring (bicyclic) bond motifs is 1. The molecule has 2 heterocycles. The first-order valence-corrected chi connectivity index (χ1v) is 6.45. The number of likely N-dealkylation sites (tertiary alicyclic amines) is 1. The van der Waals surface area contributed by atoms with Crippen LogP contribution >= 0.6 is 0 Å². The van der Waals surface area contributed by atoms with E-state index in [-0.39, 0.29) is 42.4 Å². The number of piperidine rings is 1. The third kappa shape index (κ3) is 1.78. The van der Waals surface area contributed by atoms with Crippen molar-refractivity contribution in [1.82, 2.24) is 10.2 Å². The molecule has 2 fully saturated rings. The van der Waals surface area contributed by atoms with Crippen LogP contribution < -0.4 is 5.32 Å². The quantitative estimate of drug-likeness (QED) is 0.521. The minimum absolute atomic E-state index is 0.168. The Kier molecular flexibility index (Phi) is 2.73. The largest absolute Gasteiger partial charge is 0.295 e. The molecular formula is C13H14N2O4. The highest BCUT2D eigenvalue weighted by Gasteiger charge is 2.51. The second kappa shape index (κ2) is 4.29. The van der Waals surface area contributed by atoms with E-state index in [0.29, 0.717) is 12.8 Å². The Morgan fingerprint density at radius 1 is 1.00 bits per heavy atom. The van der Waals surface area contributed by atoms with Gasteiger partial charge in [0.25, 0.3) is 0 Å². The third-order valence-corrected chi connectivity index (χ3v) is 4.06. The minimum atomic E-state index is -0.816. The predicted molar refractivity (Wildman–Crippen MR) is 63.4 cm³/mol. The Hall–Kier alpha value is -1.98. The van der Waals surface area contributed by atoms with Gasteiger partial charge in [0.2, 0.25) is 23.6 Å². The smallest absolute Gasteiger partial charge is 0.249 e. The Balaban J connectivity index is 1.85. The van der Waals surface area contributed by atoms with Crippen molar-refractivity contribution in [2.24, 2.45) is 11.8 Å². The molecule has 0 bridgehead atoms. The molecule has 1 N–H and O–H groups in total. The van der Waals surface area contributed by atoms with E-state index in [9.17, 15) is 19.2 Å².